The van der Waals surface area contributed by atoms with E-state index in [2.05, 4.69) is 24.1 Å². The van der Waals surface area contributed by atoms with Gasteiger partial charge in [0.25, 0.3) is 0 Å². The monoisotopic (exact) mass is 474 g/mol. The first-order valence-corrected chi connectivity index (χ1v) is 8.53. The van der Waals surface area contributed by atoms with E-state index in [0.29, 0.717) is 0 Å². The van der Waals surface area contributed by atoms with Crippen LogP contribution in [0.5, 0.6) is 0 Å². The fraction of sp³-hybridized carbons (Fsp3) is 1.00. The molecule has 0 saturated carbocycles. The minimum atomic E-state index is -0.500. The summed E-state index contributed by atoms with van der Waals surface area (Å²) in [7, 11) is 0. The van der Waals surface area contributed by atoms with Gasteiger partial charge < -0.3 is 15.3 Å². The molecule has 0 rings (SSSR count). The van der Waals surface area contributed by atoms with Crippen molar-refractivity contribution in [3.63, 3.8) is 0 Å². The maximum absolute atomic E-state index is 8.52. The minimum absolute atomic E-state index is 0.216. The van der Waals surface area contributed by atoms with Crippen molar-refractivity contribution in [1.82, 2.24) is 0 Å². The second-order valence-electron chi connectivity index (χ2n) is 8.78. The van der Waals surface area contributed by atoms with Crippen molar-refractivity contribution in [3.05, 3.63) is 0 Å². The Kier molecular flexibility index (Phi) is 16.7. The average molecular weight is 474 g/mol. The van der Waals surface area contributed by atoms with Crippen LogP contribution in [0.4, 0.5) is 0 Å². The van der Waals surface area contributed by atoms with Gasteiger partial charge in [-0.1, -0.05) is 0 Å². The molecule has 0 saturated heterocycles. The molecule has 0 aliphatic rings. The van der Waals surface area contributed by atoms with E-state index in [9.17, 15) is 0 Å². The summed E-state index contributed by atoms with van der Waals surface area (Å²) < 4.78 is 4.13. The van der Waals surface area contributed by atoms with Gasteiger partial charge in [-0.3, -0.25) is 0 Å². The van der Waals surface area contributed by atoms with E-state index >= 15 is 0 Å². The molecule has 3 N–H and O–H groups in total. The summed E-state index contributed by atoms with van der Waals surface area (Å²) in [5, 5.41) is 25.6. The van der Waals surface area contributed by atoms with Gasteiger partial charge in [0, 0.05) is 0 Å². The fourth-order valence-electron chi connectivity index (χ4n) is 0. The van der Waals surface area contributed by atoms with E-state index in [1.54, 1.807) is 62.3 Å². The normalized spacial score (nSPS) is 11.7. The van der Waals surface area contributed by atoms with E-state index in [1.165, 1.54) is 0 Å². The van der Waals surface area contributed by atoms with Crippen LogP contribution in [0, 0.1) is 0 Å². The van der Waals surface area contributed by atoms with Crippen LogP contribution in [-0.2, 0) is 20.9 Å². The quantitative estimate of drug-likeness (QED) is 0.500. The Bertz CT molecular complexity index is 194. The molecule has 0 aromatic carbocycles. The molecule has 0 aliphatic carbocycles. The molecule has 0 bridgehead atoms. The molecular formula is C16H39NO3Ta. The van der Waals surface area contributed by atoms with E-state index in [4.69, 9.17) is 15.3 Å². The molecule has 0 amide bonds. The first-order valence-electron chi connectivity index (χ1n) is 7.09. The van der Waals surface area contributed by atoms with E-state index < -0.39 is 16.8 Å². The van der Waals surface area contributed by atoms with Crippen molar-refractivity contribution >= 4 is 0 Å². The van der Waals surface area contributed by atoms with Crippen LogP contribution in [0.2, 0.25) is 0 Å². The molecule has 0 heterocycles. The van der Waals surface area contributed by atoms with Crippen LogP contribution in [0.25, 0.3) is 0 Å². The molecular weight excluding hydrogens is 435 g/mol. The van der Waals surface area contributed by atoms with Crippen LogP contribution < -0.4 is 0 Å². The number of rotatable bonds is 0. The topological polar surface area (TPSA) is 73.0 Å². The first-order chi connectivity index (χ1) is 8.56. The van der Waals surface area contributed by atoms with E-state index in [0.717, 1.165) is 20.9 Å². The van der Waals surface area contributed by atoms with Gasteiger partial charge in [-0.25, -0.2) is 0 Å². The van der Waals surface area contributed by atoms with Crippen molar-refractivity contribution < 1.29 is 36.2 Å². The van der Waals surface area contributed by atoms with Gasteiger partial charge in [0.2, 0.25) is 0 Å². The standard InChI is InChI=1S/C4H9N.3C4H10O.Ta/c4*1-4(2,3)5;/h1-3H3;3*5H,1-3H3;. The van der Waals surface area contributed by atoms with Crippen molar-refractivity contribution in [1.29, 1.82) is 0 Å². The van der Waals surface area contributed by atoms with Gasteiger partial charge >= 0.3 is 50.5 Å². The molecule has 0 unspecified atom stereocenters. The molecule has 0 spiro atoms. The van der Waals surface area contributed by atoms with Crippen LogP contribution >= 0.6 is 0 Å². The summed E-state index contributed by atoms with van der Waals surface area (Å²) in [5.41, 5.74) is -1.28. The van der Waals surface area contributed by atoms with Crippen LogP contribution in [0.1, 0.15) is 83.1 Å². The zero-order valence-electron chi connectivity index (χ0n) is 16.2. The SMILES string of the molecule is CC(C)(C)O.CC(C)(C)O.CC(C)(C)O.CC(C)(C)[N]=[Ta]. The zero-order chi connectivity index (χ0) is 18.7. The Balaban J connectivity index is -0.0000000921. The molecule has 0 aromatic rings. The summed E-state index contributed by atoms with van der Waals surface area (Å²) in [6.45, 7) is 22.0. The third kappa shape index (κ3) is 592. The zero-order valence-corrected chi connectivity index (χ0v) is 19.4. The third-order valence-electron chi connectivity index (χ3n) is 0.300. The summed E-state index contributed by atoms with van der Waals surface area (Å²) in [6.07, 6.45) is 0. The van der Waals surface area contributed by atoms with Gasteiger partial charge in [-0.2, -0.15) is 0 Å². The Hall–Kier alpha value is 0.420. The van der Waals surface area contributed by atoms with Crippen LogP contribution in [0.3, 0.4) is 0 Å². The van der Waals surface area contributed by atoms with Crippen molar-refractivity contribution in [2.75, 3.05) is 0 Å². The number of nitrogens with zero attached hydrogens (tertiary/aromatic N) is 1. The van der Waals surface area contributed by atoms with Gasteiger partial charge in [0.15, 0.2) is 0 Å². The molecule has 0 radical (unpaired) electrons. The summed E-state index contributed by atoms with van der Waals surface area (Å²) in [4.78, 5) is 0. The fourth-order valence-corrected chi connectivity index (χ4v) is 0. The second kappa shape index (κ2) is 11.9. The van der Waals surface area contributed by atoms with Crippen molar-refractivity contribution in [2.24, 2.45) is 3.34 Å². The number of aliphatic hydroxyl groups is 3. The van der Waals surface area contributed by atoms with Crippen molar-refractivity contribution in [2.45, 2.75) is 105 Å². The Labute approximate surface area is 145 Å². The van der Waals surface area contributed by atoms with Gasteiger partial charge in [-0.15, -0.1) is 0 Å². The Morgan fingerprint density at radius 3 is 0.571 bits per heavy atom. The molecule has 5 heteroatoms. The van der Waals surface area contributed by atoms with Gasteiger partial charge in [0.1, 0.15) is 0 Å². The van der Waals surface area contributed by atoms with Gasteiger partial charge in [-0.05, 0) is 62.3 Å². The molecule has 0 atom stereocenters. The number of hydrogen-bond donors (Lipinski definition) is 3. The number of hydrogen-bond acceptors (Lipinski definition) is 4. The van der Waals surface area contributed by atoms with Crippen LogP contribution in [-0.4, -0.2) is 37.7 Å². The third-order valence-corrected chi connectivity index (χ3v) is 2.46. The van der Waals surface area contributed by atoms with Crippen molar-refractivity contribution in [3.8, 4) is 0 Å². The molecule has 0 aromatic heterocycles. The summed E-state index contributed by atoms with van der Waals surface area (Å²) in [5.74, 6) is 0. The Morgan fingerprint density at radius 1 is 0.524 bits per heavy atom. The summed E-state index contributed by atoms with van der Waals surface area (Å²) in [6, 6.07) is 0. The Morgan fingerprint density at radius 2 is 0.571 bits per heavy atom. The molecule has 21 heavy (non-hydrogen) atoms. The maximum atomic E-state index is 8.52. The molecule has 131 valence electrons. The average Bonchev–Trinajstić information content (AvgIpc) is 1.91. The molecule has 4 nitrogen and oxygen atoms in total. The second-order valence-corrected chi connectivity index (χ2v) is 9.50. The summed E-state index contributed by atoms with van der Waals surface area (Å²) >= 11 is 1.15. The predicted molar refractivity (Wildman–Crippen MR) is 88.1 cm³/mol. The molecule has 0 aliphatic heterocycles. The predicted octanol–water partition coefficient (Wildman–Crippen LogP) is 3.85. The van der Waals surface area contributed by atoms with Crippen LogP contribution in [0.15, 0.2) is 3.34 Å². The molecule has 0 fully saturated rings. The van der Waals surface area contributed by atoms with E-state index in [1.807, 2.05) is 0 Å². The van der Waals surface area contributed by atoms with Gasteiger partial charge in [0.05, 0.1) is 16.8 Å². The first kappa shape index (κ1) is 29.4. The van der Waals surface area contributed by atoms with E-state index in [-0.39, 0.29) is 5.54 Å².